The Morgan fingerprint density at radius 1 is 1.42 bits per heavy atom. The third-order valence-electron chi connectivity index (χ3n) is 6.85. The van der Waals surface area contributed by atoms with Gasteiger partial charge in [-0.1, -0.05) is 61.3 Å². The fraction of sp³-hybridized carbons (Fsp3) is 0.500. The van der Waals surface area contributed by atoms with Crippen LogP contribution < -0.4 is 4.74 Å². The number of aromatic hydroxyl groups is 1. The van der Waals surface area contributed by atoms with E-state index in [4.69, 9.17) is 16.3 Å². The van der Waals surface area contributed by atoms with Crippen LogP contribution in [0.4, 0.5) is 4.39 Å². The molecule has 1 fully saturated rings. The fourth-order valence-corrected chi connectivity index (χ4v) is 4.44. The summed E-state index contributed by atoms with van der Waals surface area (Å²) in [5.74, 6) is 0.309. The minimum atomic E-state index is -1.10. The van der Waals surface area contributed by atoms with E-state index >= 15 is 0 Å². The average molecular weight is 452 g/mol. The molecule has 1 saturated carbocycles. The number of hydrogen-bond acceptors (Lipinski definition) is 5. The summed E-state index contributed by atoms with van der Waals surface area (Å²) in [6.45, 7) is 8.82. The average Bonchev–Trinajstić information content (AvgIpc) is 2.75. The number of ether oxygens (including phenoxy) is 1. The minimum absolute atomic E-state index is 0.0445. The van der Waals surface area contributed by atoms with Crippen LogP contribution in [0.1, 0.15) is 62.0 Å². The first-order chi connectivity index (χ1) is 14.6. The Kier molecular flexibility index (Phi) is 8.29. The highest BCUT2D eigenvalue weighted by Gasteiger charge is 2.40. The number of hydrogen-bond donors (Lipinski definition) is 2. The van der Waals surface area contributed by atoms with Crippen molar-refractivity contribution in [3.8, 4) is 11.5 Å². The van der Waals surface area contributed by atoms with Crippen LogP contribution in [0.25, 0.3) is 0 Å². The Balaban J connectivity index is 2.35. The van der Waals surface area contributed by atoms with Crippen molar-refractivity contribution >= 4 is 23.6 Å². The van der Waals surface area contributed by atoms with Gasteiger partial charge in [0.15, 0.2) is 6.29 Å². The van der Waals surface area contributed by atoms with Gasteiger partial charge in [0, 0.05) is 11.5 Å². The zero-order valence-corrected chi connectivity index (χ0v) is 19.5. The zero-order chi connectivity index (χ0) is 23.3. The van der Waals surface area contributed by atoms with Crippen molar-refractivity contribution in [2.75, 3.05) is 6.86 Å². The van der Waals surface area contributed by atoms with Crippen molar-refractivity contribution < 1.29 is 24.2 Å². The molecule has 170 valence electrons. The molecule has 0 saturated heterocycles. The molecule has 3 atom stereocenters. The first-order valence-corrected chi connectivity index (χ1v) is 10.7. The topological polar surface area (TPSA) is 79.1 Å². The maximum atomic E-state index is 12.9. The summed E-state index contributed by atoms with van der Waals surface area (Å²) in [6.07, 6.45) is 8.47. The van der Waals surface area contributed by atoms with Gasteiger partial charge in [-0.05, 0) is 50.0 Å². The Bertz CT molecular complexity index is 925. The number of carbonyl (C=O) groups excluding carboxylic acids is 1. The summed E-state index contributed by atoms with van der Waals surface area (Å²) < 4.78 is 17.9. The number of rotatable bonds is 7. The predicted octanol–water partition coefficient (Wildman–Crippen LogP) is 6.42. The number of aldehydes is 1. The van der Waals surface area contributed by atoms with Gasteiger partial charge in [0.25, 0.3) is 0 Å². The van der Waals surface area contributed by atoms with Crippen molar-refractivity contribution in [1.29, 1.82) is 0 Å². The van der Waals surface area contributed by atoms with Crippen LogP contribution in [0.15, 0.2) is 29.0 Å². The summed E-state index contributed by atoms with van der Waals surface area (Å²) in [5.41, 5.74) is 2.24. The lowest BCUT2D eigenvalue weighted by atomic mass is 9.61. The molecular weight excluding hydrogens is 421 g/mol. The van der Waals surface area contributed by atoms with Gasteiger partial charge >= 0.3 is 0 Å². The van der Waals surface area contributed by atoms with Crippen molar-refractivity contribution in [1.82, 2.24) is 0 Å². The van der Waals surface area contributed by atoms with Crippen LogP contribution in [0.2, 0.25) is 5.02 Å². The summed E-state index contributed by atoms with van der Waals surface area (Å²) in [6, 6.07) is 0. The van der Waals surface area contributed by atoms with Gasteiger partial charge in [-0.3, -0.25) is 4.79 Å². The molecule has 2 N–H and O–H groups in total. The Morgan fingerprint density at radius 3 is 2.68 bits per heavy atom. The number of carbonyl (C=O) groups is 1. The van der Waals surface area contributed by atoms with Gasteiger partial charge in [0.2, 0.25) is 6.86 Å². The van der Waals surface area contributed by atoms with Gasteiger partial charge in [0.05, 0.1) is 16.3 Å². The molecular formula is C24H31ClFNO4. The molecule has 0 aromatic heterocycles. The molecule has 1 aliphatic carbocycles. The highest BCUT2D eigenvalue weighted by Crippen LogP contribution is 2.45. The number of oxime groups is 1. The van der Waals surface area contributed by atoms with Crippen molar-refractivity contribution in [2.45, 2.75) is 53.9 Å². The quantitative estimate of drug-likeness (QED) is 0.217. The number of allylic oxidation sites excluding steroid dienone is 4. The number of halogens is 2. The summed E-state index contributed by atoms with van der Waals surface area (Å²) in [4.78, 5) is 11.4. The second-order valence-electron chi connectivity index (χ2n) is 8.48. The molecule has 0 unspecified atom stereocenters. The van der Waals surface area contributed by atoms with E-state index in [9.17, 15) is 19.5 Å². The van der Waals surface area contributed by atoms with E-state index in [1.165, 1.54) is 0 Å². The summed E-state index contributed by atoms with van der Waals surface area (Å²) >= 11 is 6.26. The van der Waals surface area contributed by atoms with E-state index in [2.05, 4.69) is 32.0 Å². The maximum absolute atomic E-state index is 12.9. The number of nitrogens with zero attached hydrogens (tertiary/aromatic N) is 1. The lowest BCUT2D eigenvalue weighted by Gasteiger charge is -2.43. The van der Waals surface area contributed by atoms with E-state index in [0.29, 0.717) is 17.8 Å². The monoisotopic (exact) mass is 451 g/mol. The Hall–Kier alpha value is -2.34. The summed E-state index contributed by atoms with van der Waals surface area (Å²) in [7, 11) is 0. The maximum Gasteiger partial charge on any atom is 0.228 e. The van der Waals surface area contributed by atoms with E-state index < -0.39 is 6.86 Å². The molecule has 31 heavy (non-hydrogen) atoms. The largest absolute Gasteiger partial charge is 0.507 e. The Labute approximate surface area is 188 Å². The van der Waals surface area contributed by atoms with E-state index in [1.54, 1.807) is 6.92 Å². The van der Waals surface area contributed by atoms with E-state index in [0.717, 1.165) is 24.1 Å². The van der Waals surface area contributed by atoms with Crippen molar-refractivity contribution in [2.24, 2.45) is 22.4 Å². The SMILES string of the molecule is CC(/C=C/[C@@]1(C)[C@H](C)CCC(=NO)[C@@H]1C)=C\Cc1c(O)c(C=O)c(C)c(Cl)c1OCF. The first-order valence-electron chi connectivity index (χ1n) is 10.4. The summed E-state index contributed by atoms with van der Waals surface area (Å²) in [5, 5.41) is 23.4. The zero-order valence-electron chi connectivity index (χ0n) is 18.7. The molecule has 0 amide bonds. The highest BCUT2D eigenvalue weighted by atomic mass is 35.5. The van der Waals surface area contributed by atoms with Crippen LogP contribution in [-0.2, 0) is 6.42 Å². The standard InChI is InChI=1S/C24H31ClFNO4/c1-14(10-11-24(5)15(2)7-9-20(27-30)17(24)4)6-8-18-22(29)19(12-28)16(3)21(25)23(18)31-13-26/h6,10-12,15,17,29-30H,7-9,13H2,1-5H3/b11-10+,14-6+,27-20?/t15-,17+,24+/m1/s1. The van der Waals surface area contributed by atoms with Crippen LogP contribution in [-0.4, -0.2) is 29.2 Å². The first kappa shape index (κ1) is 24.9. The van der Waals surface area contributed by atoms with Crippen molar-refractivity contribution in [3.05, 3.63) is 45.5 Å². The molecule has 0 heterocycles. The Morgan fingerprint density at radius 2 is 2.10 bits per heavy atom. The number of phenolic OH excluding ortho intramolecular Hbond substituents is 1. The van der Waals surface area contributed by atoms with Gasteiger partial charge in [-0.2, -0.15) is 0 Å². The van der Waals surface area contributed by atoms with Gasteiger partial charge in [0.1, 0.15) is 11.5 Å². The van der Waals surface area contributed by atoms with Gasteiger partial charge < -0.3 is 15.1 Å². The molecule has 1 aromatic rings. The molecule has 0 spiro atoms. The lowest BCUT2D eigenvalue weighted by Crippen LogP contribution is -2.40. The second-order valence-corrected chi connectivity index (χ2v) is 8.86. The highest BCUT2D eigenvalue weighted by molar-refractivity contribution is 6.33. The molecule has 2 rings (SSSR count). The van der Waals surface area contributed by atoms with Crippen LogP contribution in [0, 0.1) is 24.2 Å². The third-order valence-corrected chi connectivity index (χ3v) is 7.31. The van der Waals surface area contributed by atoms with Gasteiger partial charge in [-0.25, -0.2) is 4.39 Å². The number of alkyl halides is 1. The van der Waals surface area contributed by atoms with Gasteiger partial charge in [-0.15, -0.1) is 0 Å². The molecule has 0 aliphatic heterocycles. The lowest BCUT2D eigenvalue weighted by molar-refractivity contribution is 0.112. The third kappa shape index (κ3) is 4.95. The smallest absolute Gasteiger partial charge is 0.228 e. The predicted molar refractivity (Wildman–Crippen MR) is 121 cm³/mol. The molecule has 7 heteroatoms. The normalized spacial score (nSPS) is 25.9. The van der Waals surface area contributed by atoms with E-state index in [1.807, 2.05) is 19.1 Å². The molecule has 1 aliphatic rings. The van der Waals surface area contributed by atoms with E-state index in [-0.39, 0.29) is 45.4 Å². The second kappa shape index (κ2) is 10.3. The minimum Gasteiger partial charge on any atom is -0.507 e. The molecule has 5 nitrogen and oxygen atoms in total. The number of benzene rings is 1. The van der Waals surface area contributed by atoms with Crippen LogP contribution >= 0.6 is 11.6 Å². The van der Waals surface area contributed by atoms with Crippen LogP contribution in [0.5, 0.6) is 11.5 Å². The van der Waals surface area contributed by atoms with Crippen molar-refractivity contribution in [3.63, 3.8) is 0 Å². The molecule has 1 aromatic carbocycles. The van der Waals surface area contributed by atoms with Crippen LogP contribution in [0.3, 0.4) is 0 Å². The molecule has 0 bridgehead atoms. The number of phenols is 1. The molecule has 0 radical (unpaired) electrons. The fourth-order valence-electron chi connectivity index (χ4n) is 4.17.